The van der Waals surface area contributed by atoms with Gasteiger partial charge in [0.05, 0.1) is 10.5 Å². The Balaban J connectivity index is 2.29. The Morgan fingerprint density at radius 3 is 2.57 bits per heavy atom. The van der Waals surface area contributed by atoms with Gasteiger partial charge in [-0.3, -0.25) is 4.79 Å². The molecule has 1 aromatic carbocycles. The fourth-order valence-electron chi connectivity index (χ4n) is 2.15. The van der Waals surface area contributed by atoms with E-state index in [1.54, 1.807) is 0 Å². The van der Waals surface area contributed by atoms with Gasteiger partial charge in [0.15, 0.2) is 0 Å². The van der Waals surface area contributed by atoms with Crippen molar-refractivity contribution in [2.45, 2.75) is 30.7 Å². The predicted octanol–water partition coefficient (Wildman–Crippen LogP) is 1.97. The Morgan fingerprint density at radius 2 is 2.00 bits per heavy atom. The van der Waals surface area contributed by atoms with Crippen LogP contribution in [0.5, 0.6) is 0 Å². The van der Waals surface area contributed by atoms with Crippen LogP contribution >= 0.6 is 10.7 Å². The van der Waals surface area contributed by atoms with E-state index in [1.807, 2.05) is 0 Å². The van der Waals surface area contributed by atoms with Crippen LogP contribution in [-0.2, 0) is 13.8 Å². The Kier molecular flexibility index (Phi) is 4.85. The summed E-state index contributed by atoms with van der Waals surface area (Å²) in [7, 11) is 1.23. The lowest BCUT2D eigenvalue weighted by Crippen LogP contribution is -2.39. The molecule has 1 aromatic rings. The fraction of sp³-hybridized carbons (Fsp3) is 0.462. The number of amides is 1. The zero-order valence-electron chi connectivity index (χ0n) is 11.4. The van der Waals surface area contributed by atoms with Crippen LogP contribution in [0.4, 0.5) is 4.39 Å². The van der Waals surface area contributed by atoms with E-state index in [1.165, 1.54) is 6.92 Å². The number of aryl methyl sites for hydroxylation is 1. The van der Waals surface area contributed by atoms with Crippen molar-refractivity contribution in [2.24, 2.45) is 0 Å². The summed E-state index contributed by atoms with van der Waals surface area (Å²) in [6, 6.07) is 1.95. The molecule has 1 fully saturated rings. The average Bonchev–Trinajstić information content (AvgIpc) is 2.41. The second kappa shape index (κ2) is 6.29. The van der Waals surface area contributed by atoms with E-state index in [4.69, 9.17) is 15.4 Å². The molecule has 2 rings (SSSR count). The van der Waals surface area contributed by atoms with Crippen molar-refractivity contribution >= 4 is 25.6 Å². The van der Waals surface area contributed by atoms with E-state index in [0.29, 0.717) is 26.1 Å². The fourth-order valence-corrected chi connectivity index (χ4v) is 2.99. The summed E-state index contributed by atoms with van der Waals surface area (Å²) in [5.41, 5.74) is -0.269. The molecule has 1 aliphatic heterocycles. The van der Waals surface area contributed by atoms with Crippen LogP contribution in [0.15, 0.2) is 17.0 Å². The highest BCUT2D eigenvalue weighted by molar-refractivity contribution is 8.13. The second-order valence-electron chi connectivity index (χ2n) is 4.90. The van der Waals surface area contributed by atoms with Crippen molar-refractivity contribution in [3.8, 4) is 0 Å². The van der Waals surface area contributed by atoms with Crippen LogP contribution in [-0.4, -0.2) is 33.6 Å². The molecule has 0 spiro atoms. The van der Waals surface area contributed by atoms with Crippen LogP contribution in [0.2, 0.25) is 0 Å². The first-order valence-electron chi connectivity index (χ1n) is 6.42. The van der Waals surface area contributed by atoms with Gasteiger partial charge >= 0.3 is 0 Å². The SMILES string of the molecule is Cc1cc(S(=O)(=O)Cl)cc(C(=O)NC2CCOCC2)c1F. The highest BCUT2D eigenvalue weighted by Gasteiger charge is 2.23. The van der Waals surface area contributed by atoms with Crippen molar-refractivity contribution in [3.63, 3.8) is 0 Å². The lowest BCUT2D eigenvalue weighted by Gasteiger charge is -2.23. The van der Waals surface area contributed by atoms with Gasteiger partial charge in [-0.05, 0) is 37.5 Å². The van der Waals surface area contributed by atoms with Gasteiger partial charge in [0.25, 0.3) is 15.0 Å². The number of carbonyl (C=O) groups excluding carboxylic acids is 1. The maximum absolute atomic E-state index is 14.1. The normalized spacial score (nSPS) is 16.7. The Bertz CT molecular complexity index is 656. The van der Waals surface area contributed by atoms with Crippen LogP contribution in [0.25, 0.3) is 0 Å². The molecule has 0 unspecified atom stereocenters. The molecular weight excluding hydrogens is 321 g/mol. The number of hydrogen-bond acceptors (Lipinski definition) is 4. The third-order valence-electron chi connectivity index (χ3n) is 3.31. The van der Waals surface area contributed by atoms with E-state index in [-0.39, 0.29) is 22.1 Å². The maximum atomic E-state index is 14.1. The van der Waals surface area contributed by atoms with Gasteiger partial charge < -0.3 is 10.1 Å². The van der Waals surface area contributed by atoms with Crippen molar-refractivity contribution < 1.29 is 22.3 Å². The minimum atomic E-state index is -4.03. The molecule has 1 saturated heterocycles. The molecule has 0 radical (unpaired) electrons. The number of rotatable bonds is 3. The summed E-state index contributed by atoms with van der Waals surface area (Å²) >= 11 is 0. The molecule has 1 aliphatic rings. The van der Waals surface area contributed by atoms with E-state index in [2.05, 4.69) is 5.32 Å². The molecule has 1 N–H and O–H groups in total. The van der Waals surface area contributed by atoms with E-state index >= 15 is 0 Å². The molecule has 5 nitrogen and oxygen atoms in total. The average molecular weight is 336 g/mol. The molecule has 0 aliphatic carbocycles. The molecule has 0 bridgehead atoms. The van der Waals surface area contributed by atoms with Crippen LogP contribution in [0.1, 0.15) is 28.8 Å². The number of carbonyl (C=O) groups is 1. The van der Waals surface area contributed by atoms with E-state index < -0.39 is 20.8 Å². The van der Waals surface area contributed by atoms with Crippen LogP contribution in [0, 0.1) is 12.7 Å². The zero-order chi connectivity index (χ0) is 15.6. The third-order valence-corrected chi connectivity index (χ3v) is 4.64. The monoisotopic (exact) mass is 335 g/mol. The minimum Gasteiger partial charge on any atom is -0.381 e. The molecule has 116 valence electrons. The van der Waals surface area contributed by atoms with Crippen molar-refractivity contribution in [1.29, 1.82) is 0 Å². The first-order chi connectivity index (χ1) is 9.79. The number of benzene rings is 1. The molecule has 1 heterocycles. The first kappa shape index (κ1) is 16.2. The van der Waals surface area contributed by atoms with Crippen molar-refractivity contribution in [2.75, 3.05) is 13.2 Å². The zero-order valence-corrected chi connectivity index (χ0v) is 12.9. The van der Waals surface area contributed by atoms with Crippen LogP contribution in [0.3, 0.4) is 0 Å². The number of ether oxygens (including phenoxy) is 1. The molecule has 0 atom stereocenters. The van der Waals surface area contributed by atoms with E-state index in [9.17, 15) is 17.6 Å². The van der Waals surface area contributed by atoms with Gasteiger partial charge in [-0.2, -0.15) is 0 Å². The molecule has 1 amide bonds. The lowest BCUT2D eigenvalue weighted by molar-refractivity contribution is 0.0694. The Labute approximate surface area is 126 Å². The topological polar surface area (TPSA) is 72.5 Å². The second-order valence-corrected chi connectivity index (χ2v) is 7.47. The largest absolute Gasteiger partial charge is 0.381 e. The summed E-state index contributed by atoms with van der Waals surface area (Å²) < 4.78 is 41.9. The quantitative estimate of drug-likeness (QED) is 0.857. The molecule has 8 heteroatoms. The van der Waals surface area contributed by atoms with Crippen molar-refractivity contribution in [3.05, 3.63) is 29.1 Å². The molecule has 0 aromatic heterocycles. The maximum Gasteiger partial charge on any atom is 0.261 e. The minimum absolute atomic E-state index is 0.0499. The van der Waals surface area contributed by atoms with Gasteiger partial charge in [-0.1, -0.05) is 0 Å². The highest BCUT2D eigenvalue weighted by Crippen LogP contribution is 2.22. The smallest absolute Gasteiger partial charge is 0.261 e. The number of nitrogens with one attached hydrogen (secondary N) is 1. The standard InChI is InChI=1S/C13H15ClFNO4S/c1-8-6-10(21(14,18)19)7-11(12(8)15)13(17)16-9-2-4-20-5-3-9/h6-7,9H,2-5H2,1H3,(H,16,17). The molecular formula is C13H15ClFNO4S. The molecule has 21 heavy (non-hydrogen) atoms. The van der Waals surface area contributed by atoms with Crippen molar-refractivity contribution in [1.82, 2.24) is 5.32 Å². The summed E-state index contributed by atoms with van der Waals surface area (Å²) in [6.07, 6.45) is 1.28. The first-order valence-corrected chi connectivity index (χ1v) is 8.73. The predicted molar refractivity (Wildman–Crippen MR) is 75.5 cm³/mol. The van der Waals surface area contributed by atoms with Gasteiger partial charge in [-0.25, -0.2) is 12.8 Å². The van der Waals surface area contributed by atoms with Gasteiger partial charge in [0.1, 0.15) is 5.82 Å². The van der Waals surface area contributed by atoms with Crippen LogP contribution < -0.4 is 5.32 Å². The Hall–Kier alpha value is -1.18. The summed E-state index contributed by atoms with van der Waals surface area (Å²) in [4.78, 5) is 11.8. The number of hydrogen-bond donors (Lipinski definition) is 1. The van der Waals surface area contributed by atoms with Gasteiger partial charge in [0, 0.05) is 29.9 Å². The molecule has 0 saturated carbocycles. The van der Waals surface area contributed by atoms with E-state index in [0.717, 1.165) is 12.1 Å². The lowest BCUT2D eigenvalue weighted by atomic mass is 10.1. The summed E-state index contributed by atoms with van der Waals surface area (Å²) in [6.45, 7) is 2.44. The number of halogens is 2. The third kappa shape index (κ3) is 3.93. The Morgan fingerprint density at radius 1 is 1.38 bits per heavy atom. The van der Waals surface area contributed by atoms with Gasteiger partial charge in [0.2, 0.25) is 0 Å². The summed E-state index contributed by atoms with van der Waals surface area (Å²) in [5.74, 6) is -1.40. The van der Waals surface area contributed by atoms with Gasteiger partial charge in [-0.15, -0.1) is 0 Å². The highest BCUT2D eigenvalue weighted by atomic mass is 35.7. The summed E-state index contributed by atoms with van der Waals surface area (Å²) in [5, 5.41) is 2.69.